The van der Waals surface area contributed by atoms with Gasteiger partial charge < -0.3 is 0 Å². The highest BCUT2D eigenvalue weighted by molar-refractivity contribution is 6.09. The summed E-state index contributed by atoms with van der Waals surface area (Å²) in [7, 11) is 0. The molecule has 0 atom stereocenters. The van der Waals surface area contributed by atoms with Gasteiger partial charge in [0.1, 0.15) is 0 Å². The Labute approximate surface area is 47.7 Å². The summed E-state index contributed by atoms with van der Waals surface area (Å²) in [4.78, 5) is 10.7. The molecule has 8 heavy (non-hydrogen) atoms. The highest BCUT2D eigenvalue weighted by atomic mass is 16.1. The molecule has 0 saturated carbocycles. The smallest absolute Gasteiger partial charge is 0.181 e. The van der Waals surface area contributed by atoms with Crippen molar-refractivity contribution in [2.45, 2.75) is 12.8 Å². The summed E-state index contributed by atoms with van der Waals surface area (Å²) in [6, 6.07) is 0. The third kappa shape index (κ3) is 0.386. The van der Waals surface area contributed by atoms with Gasteiger partial charge in [0, 0.05) is 5.57 Å². The van der Waals surface area contributed by atoms with Gasteiger partial charge in [0.2, 0.25) is 0 Å². The van der Waals surface area contributed by atoms with Crippen molar-refractivity contribution in [2.24, 2.45) is 0 Å². The third-order valence-electron chi connectivity index (χ3n) is 1.62. The van der Waals surface area contributed by atoms with Gasteiger partial charge in [0.25, 0.3) is 0 Å². The van der Waals surface area contributed by atoms with Gasteiger partial charge in [0.05, 0.1) is 0 Å². The highest BCUT2D eigenvalue weighted by Crippen LogP contribution is 2.37. The molecule has 0 aromatic heterocycles. The van der Waals surface area contributed by atoms with Crippen LogP contribution in [0.1, 0.15) is 12.8 Å². The van der Waals surface area contributed by atoms with Gasteiger partial charge in [-0.25, -0.2) is 0 Å². The Morgan fingerprint density at radius 1 is 1.50 bits per heavy atom. The molecule has 0 aliphatic heterocycles. The van der Waals surface area contributed by atoms with Gasteiger partial charge in [-0.3, -0.25) is 4.79 Å². The summed E-state index contributed by atoms with van der Waals surface area (Å²) in [5.74, 6) is 0.242. The molecule has 0 unspecified atom stereocenters. The molecule has 0 saturated heterocycles. The zero-order valence-electron chi connectivity index (χ0n) is 4.48. The predicted octanol–water partition coefficient (Wildman–Crippen LogP) is 1.22. The summed E-state index contributed by atoms with van der Waals surface area (Å²) in [6.07, 6.45) is 5.63. The molecular weight excluding hydrogens is 100 g/mol. The summed E-state index contributed by atoms with van der Waals surface area (Å²) in [6.45, 7) is 0. The second-order valence-corrected chi connectivity index (χ2v) is 2.23. The Balaban J connectivity index is 2.37. The van der Waals surface area contributed by atoms with Crippen molar-refractivity contribution < 1.29 is 4.79 Å². The summed E-state index contributed by atoms with van der Waals surface area (Å²) < 4.78 is 0. The largest absolute Gasteiger partial charge is 0.290 e. The maximum Gasteiger partial charge on any atom is 0.181 e. The van der Waals surface area contributed by atoms with Crippen LogP contribution in [0.5, 0.6) is 0 Å². The average Bonchev–Trinajstić information content (AvgIpc) is 2.45. The molecule has 2 rings (SSSR count). The van der Waals surface area contributed by atoms with E-state index >= 15 is 0 Å². The van der Waals surface area contributed by atoms with Crippen molar-refractivity contribution in [3.8, 4) is 0 Å². The molecule has 2 aliphatic rings. The topological polar surface area (TPSA) is 17.1 Å². The molecule has 40 valence electrons. The molecule has 2 aliphatic carbocycles. The fourth-order valence-corrected chi connectivity index (χ4v) is 1.03. The molecule has 0 aromatic carbocycles. The zero-order chi connectivity index (χ0) is 5.56. The van der Waals surface area contributed by atoms with Gasteiger partial charge in [0.15, 0.2) is 5.78 Å². The van der Waals surface area contributed by atoms with E-state index in [0.717, 1.165) is 18.4 Å². The van der Waals surface area contributed by atoms with Crippen molar-refractivity contribution in [3.63, 3.8) is 0 Å². The lowest BCUT2D eigenvalue weighted by molar-refractivity contribution is -0.111. The van der Waals surface area contributed by atoms with Crippen LogP contribution in [0.2, 0.25) is 0 Å². The lowest BCUT2D eigenvalue weighted by Crippen LogP contribution is -1.88. The molecule has 0 heterocycles. The van der Waals surface area contributed by atoms with Gasteiger partial charge in [-0.15, -0.1) is 0 Å². The summed E-state index contributed by atoms with van der Waals surface area (Å²) in [5, 5.41) is 0. The number of hydrogen-bond acceptors (Lipinski definition) is 1. The average molecular weight is 106 g/mol. The number of hydrogen-bond donors (Lipinski definition) is 0. The minimum atomic E-state index is 0.242. The van der Waals surface area contributed by atoms with Crippen LogP contribution in [0, 0.1) is 0 Å². The molecular formula is C7H6O. The van der Waals surface area contributed by atoms with Crippen molar-refractivity contribution >= 4 is 5.78 Å². The number of carbonyl (C=O) groups is 1. The first-order chi connectivity index (χ1) is 3.88. The van der Waals surface area contributed by atoms with E-state index < -0.39 is 0 Å². The van der Waals surface area contributed by atoms with E-state index in [1.54, 1.807) is 6.08 Å². The van der Waals surface area contributed by atoms with Crippen molar-refractivity contribution in [3.05, 3.63) is 23.3 Å². The van der Waals surface area contributed by atoms with Crippen molar-refractivity contribution in [1.82, 2.24) is 0 Å². The monoisotopic (exact) mass is 106 g/mol. The second-order valence-electron chi connectivity index (χ2n) is 2.23. The molecule has 0 bridgehead atoms. The van der Waals surface area contributed by atoms with Gasteiger partial charge in [-0.1, -0.05) is 11.6 Å². The van der Waals surface area contributed by atoms with Crippen molar-refractivity contribution in [1.29, 1.82) is 0 Å². The van der Waals surface area contributed by atoms with E-state index in [2.05, 4.69) is 0 Å². The van der Waals surface area contributed by atoms with Crippen molar-refractivity contribution in [2.75, 3.05) is 0 Å². The Bertz CT molecular complexity index is 208. The number of carbonyl (C=O) groups excluding carboxylic acids is 1. The molecule has 0 fully saturated rings. The van der Waals surface area contributed by atoms with E-state index in [4.69, 9.17) is 0 Å². The first-order valence-electron chi connectivity index (χ1n) is 2.80. The van der Waals surface area contributed by atoms with Crippen LogP contribution in [0.4, 0.5) is 0 Å². The van der Waals surface area contributed by atoms with E-state index in [1.807, 2.05) is 6.08 Å². The van der Waals surface area contributed by atoms with Gasteiger partial charge in [-0.2, -0.15) is 0 Å². The fraction of sp³-hybridized carbons (Fsp3) is 0.286. The maximum absolute atomic E-state index is 10.7. The Kier molecular flexibility index (Phi) is 0.562. The lowest BCUT2D eigenvalue weighted by atomic mass is 10.2. The van der Waals surface area contributed by atoms with Crippen LogP contribution in [0.15, 0.2) is 23.3 Å². The standard InChI is InChI=1S/C7H6O/c8-7-3-1-2-5-4-6(5)7/h1,3H,2,4H2. The van der Waals surface area contributed by atoms with E-state index in [9.17, 15) is 4.79 Å². The van der Waals surface area contributed by atoms with E-state index in [0.29, 0.717) is 0 Å². The SMILES string of the molecule is O=C1C=CCC2=C1C2. The van der Waals surface area contributed by atoms with Crippen LogP contribution in [0.25, 0.3) is 0 Å². The lowest BCUT2D eigenvalue weighted by Gasteiger charge is -1.86. The molecule has 1 nitrogen and oxygen atoms in total. The number of ketones is 1. The Morgan fingerprint density at radius 3 is 3.00 bits per heavy atom. The predicted molar refractivity (Wildman–Crippen MR) is 30.4 cm³/mol. The Hall–Kier alpha value is -0.850. The van der Waals surface area contributed by atoms with Crippen LogP contribution < -0.4 is 0 Å². The van der Waals surface area contributed by atoms with Crippen LogP contribution in [-0.4, -0.2) is 5.78 Å². The van der Waals surface area contributed by atoms with Crippen LogP contribution in [-0.2, 0) is 4.79 Å². The quantitative estimate of drug-likeness (QED) is 0.453. The maximum atomic E-state index is 10.7. The fourth-order valence-electron chi connectivity index (χ4n) is 1.03. The molecule has 0 aromatic rings. The normalized spacial score (nSPS) is 23.8. The Morgan fingerprint density at radius 2 is 2.38 bits per heavy atom. The molecule has 0 N–H and O–H groups in total. The second kappa shape index (κ2) is 1.10. The number of rotatable bonds is 0. The molecule has 0 radical (unpaired) electrons. The minimum absolute atomic E-state index is 0.242. The number of allylic oxidation sites excluding steroid dienone is 4. The third-order valence-corrected chi connectivity index (χ3v) is 1.62. The zero-order valence-corrected chi connectivity index (χ0v) is 4.48. The molecule has 0 spiro atoms. The van der Waals surface area contributed by atoms with Gasteiger partial charge >= 0.3 is 0 Å². The van der Waals surface area contributed by atoms with Crippen LogP contribution >= 0.6 is 0 Å². The van der Waals surface area contributed by atoms with Gasteiger partial charge in [-0.05, 0) is 18.9 Å². The first kappa shape index (κ1) is 4.07. The van der Waals surface area contributed by atoms with E-state index in [1.165, 1.54) is 5.57 Å². The minimum Gasteiger partial charge on any atom is -0.290 e. The molecule has 1 heteroatoms. The van der Waals surface area contributed by atoms with E-state index in [-0.39, 0.29) is 5.78 Å². The summed E-state index contributed by atoms with van der Waals surface area (Å²) in [5.41, 5.74) is 2.44. The highest BCUT2D eigenvalue weighted by Gasteiger charge is 2.27. The first-order valence-corrected chi connectivity index (χ1v) is 2.80. The molecule has 0 amide bonds. The van der Waals surface area contributed by atoms with Crippen LogP contribution in [0.3, 0.4) is 0 Å². The summed E-state index contributed by atoms with van der Waals surface area (Å²) >= 11 is 0.